The van der Waals surface area contributed by atoms with E-state index in [9.17, 15) is 4.39 Å². The number of rotatable bonds is 0. The lowest BCUT2D eigenvalue weighted by atomic mass is 10.2. The van der Waals surface area contributed by atoms with Gasteiger partial charge in [0.1, 0.15) is 0 Å². The van der Waals surface area contributed by atoms with Crippen molar-refractivity contribution in [3.8, 4) is 0 Å². The average molecular weight is 377 g/mol. The number of nitrogens with two attached hydrogens (primary N) is 1. The monoisotopic (exact) mass is 377 g/mol. The van der Waals surface area contributed by atoms with Gasteiger partial charge in [0.25, 0.3) is 0 Å². The molecule has 0 aliphatic rings. The SMILES string of the molecule is Cc1cc(I)c(F)c(I)c1N. The highest BCUT2D eigenvalue weighted by molar-refractivity contribution is 14.1. The second-order valence-electron chi connectivity index (χ2n) is 2.22. The van der Waals surface area contributed by atoms with Gasteiger partial charge in [0, 0.05) is 0 Å². The van der Waals surface area contributed by atoms with Crippen LogP contribution in [0, 0.1) is 19.9 Å². The van der Waals surface area contributed by atoms with E-state index in [-0.39, 0.29) is 5.82 Å². The summed E-state index contributed by atoms with van der Waals surface area (Å²) in [5.41, 5.74) is 7.08. The summed E-state index contributed by atoms with van der Waals surface area (Å²) in [7, 11) is 0. The molecule has 1 nitrogen and oxygen atoms in total. The third kappa shape index (κ3) is 1.77. The van der Waals surface area contributed by atoms with Crippen LogP contribution in [0.5, 0.6) is 0 Å². The maximum Gasteiger partial charge on any atom is 0.151 e. The molecule has 1 rings (SSSR count). The van der Waals surface area contributed by atoms with Crippen LogP contribution in [-0.4, -0.2) is 0 Å². The molecule has 4 heteroatoms. The Labute approximate surface area is 91.8 Å². The molecule has 0 atom stereocenters. The molecule has 1 aromatic carbocycles. The first kappa shape index (κ1) is 9.50. The quantitative estimate of drug-likeness (QED) is 0.420. The van der Waals surface area contributed by atoms with Crippen molar-refractivity contribution < 1.29 is 4.39 Å². The second-order valence-corrected chi connectivity index (χ2v) is 4.46. The van der Waals surface area contributed by atoms with Crippen molar-refractivity contribution in [3.63, 3.8) is 0 Å². The van der Waals surface area contributed by atoms with Gasteiger partial charge >= 0.3 is 0 Å². The Morgan fingerprint density at radius 2 is 2.00 bits per heavy atom. The van der Waals surface area contributed by atoms with Crippen LogP contribution in [0.3, 0.4) is 0 Å². The summed E-state index contributed by atoms with van der Waals surface area (Å²) >= 11 is 3.87. The summed E-state index contributed by atoms with van der Waals surface area (Å²) in [5.74, 6) is -0.214. The fourth-order valence-corrected chi connectivity index (χ4v) is 2.70. The van der Waals surface area contributed by atoms with E-state index in [0.29, 0.717) is 12.8 Å². The molecular weight excluding hydrogens is 371 g/mol. The molecule has 0 fully saturated rings. The lowest BCUT2D eigenvalue weighted by molar-refractivity contribution is 0.613. The van der Waals surface area contributed by atoms with E-state index in [2.05, 4.69) is 0 Å². The van der Waals surface area contributed by atoms with Gasteiger partial charge in [0.15, 0.2) is 5.82 Å². The smallest absolute Gasteiger partial charge is 0.151 e. The normalized spacial score (nSPS) is 10.2. The van der Waals surface area contributed by atoms with Crippen molar-refractivity contribution in [3.05, 3.63) is 24.6 Å². The molecular formula is C7H6FI2N. The van der Waals surface area contributed by atoms with E-state index in [1.54, 1.807) is 6.07 Å². The molecule has 0 radical (unpaired) electrons. The first-order valence-electron chi connectivity index (χ1n) is 2.93. The summed E-state index contributed by atoms with van der Waals surface area (Å²) in [4.78, 5) is 0. The van der Waals surface area contributed by atoms with Gasteiger partial charge in [-0.1, -0.05) is 0 Å². The predicted molar refractivity (Wildman–Crippen MR) is 61.0 cm³/mol. The van der Waals surface area contributed by atoms with Gasteiger partial charge in [0.2, 0.25) is 0 Å². The number of aryl methyl sites for hydroxylation is 1. The van der Waals surface area contributed by atoms with Crippen LogP contribution in [0.1, 0.15) is 5.56 Å². The standard InChI is InChI=1S/C7H6FI2N/c1-3-2-4(9)5(8)6(10)7(3)11/h2H,11H2,1H3. The number of halogens is 3. The van der Waals surface area contributed by atoms with Crippen LogP contribution < -0.4 is 5.73 Å². The highest BCUT2D eigenvalue weighted by Crippen LogP contribution is 2.26. The molecule has 2 N–H and O–H groups in total. The van der Waals surface area contributed by atoms with Crippen molar-refractivity contribution in [2.75, 3.05) is 5.73 Å². The zero-order valence-corrected chi connectivity index (χ0v) is 10.1. The Kier molecular flexibility index (Phi) is 2.96. The Morgan fingerprint density at radius 1 is 1.45 bits per heavy atom. The van der Waals surface area contributed by atoms with Crippen molar-refractivity contribution in [2.45, 2.75) is 6.92 Å². The van der Waals surface area contributed by atoms with Crippen LogP contribution in [0.25, 0.3) is 0 Å². The maximum atomic E-state index is 13.1. The molecule has 0 aliphatic carbocycles. The lowest BCUT2D eigenvalue weighted by Crippen LogP contribution is -1.98. The van der Waals surface area contributed by atoms with E-state index in [4.69, 9.17) is 5.73 Å². The Morgan fingerprint density at radius 3 is 2.55 bits per heavy atom. The molecule has 0 aromatic heterocycles. The molecule has 0 bridgehead atoms. The van der Waals surface area contributed by atoms with E-state index in [1.807, 2.05) is 52.1 Å². The molecule has 0 unspecified atom stereocenters. The van der Waals surface area contributed by atoms with E-state index in [0.717, 1.165) is 5.56 Å². The van der Waals surface area contributed by atoms with Crippen molar-refractivity contribution in [2.24, 2.45) is 0 Å². The van der Waals surface area contributed by atoms with Gasteiger partial charge in [0.05, 0.1) is 12.8 Å². The average Bonchev–Trinajstić information content (AvgIpc) is 1.97. The number of hydrogen-bond donors (Lipinski definition) is 1. The first-order chi connectivity index (χ1) is 5.04. The van der Waals surface area contributed by atoms with Crippen molar-refractivity contribution >= 4 is 50.9 Å². The maximum absolute atomic E-state index is 13.1. The van der Waals surface area contributed by atoms with Gasteiger partial charge in [-0.25, -0.2) is 4.39 Å². The minimum Gasteiger partial charge on any atom is -0.398 e. The van der Waals surface area contributed by atoms with Gasteiger partial charge in [-0.2, -0.15) is 0 Å². The second kappa shape index (κ2) is 3.42. The molecule has 0 saturated heterocycles. The summed E-state index contributed by atoms with van der Waals surface area (Å²) in [6.45, 7) is 1.87. The molecule has 0 amide bonds. The fourth-order valence-electron chi connectivity index (χ4n) is 0.727. The Balaban J connectivity index is 3.46. The number of nitrogen functional groups attached to an aromatic ring is 1. The summed E-state index contributed by atoms with van der Waals surface area (Å²) in [6.07, 6.45) is 0. The zero-order chi connectivity index (χ0) is 8.59. The van der Waals surface area contributed by atoms with Crippen molar-refractivity contribution in [1.82, 2.24) is 0 Å². The zero-order valence-electron chi connectivity index (χ0n) is 5.79. The van der Waals surface area contributed by atoms with E-state index in [1.165, 1.54) is 0 Å². The molecule has 0 heterocycles. The molecule has 0 saturated carbocycles. The largest absolute Gasteiger partial charge is 0.398 e. The molecule has 0 aliphatic heterocycles. The molecule has 1 aromatic rings. The molecule has 0 spiro atoms. The summed E-state index contributed by atoms with van der Waals surface area (Å²) < 4.78 is 14.2. The Bertz CT molecular complexity index is 273. The third-order valence-corrected chi connectivity index (χ3v) is 3.25. The minimum absolute atomic E-state index is 0.214. The van der Waals surface area contributed by atoms with Crippen LogP contribution in [0.2, 0.25) is 0 Å². The Hall–Kier alpha value is 0.410. The highest BCUT2D eigenvalue weighted by atomic mass is 127. The van der Waals surface area contributed by atoms with Crippen molar-refractivity contribution in [1.29, 1.82) is 0 Å². The fraction of sp³-hybridized carbons (Fsp3) is 0.143. The van der Waals surface area contributed by atoms with E-state index >= 15 is 0 Å². The van der Waals surface area contributed by atoms with Gasteiger partial charge in [-0.05, 0) is 63.7 Å². The van der Waals surface area contributed by atoms with Crippen LogP contribution in [0.15, 0.2) is 6.07 Å². The van der Waals surface area contributed by atoms with Crippen LogP contribution in [-0.2, 0) is 0 Å². The van der Waals surface area contributed by atoms with Crippen LogP contribution >= 0.6 is 45.2 Å². The number of hydrogen-bond acceptors (Lipinski definition) is 1. The number of benzene rings is 1. The minimum atomic E-state index is -0.214. The summed E-state index contributed by atoms with van der Waals surface area (Å²) in [5, 5.41) is 0. The van der Waals surface area contributed by atoms with Gasteiger partial charge < -0.3 is 5.73 Å². The third-order valence-electron chi connectivity index (χ3n) is 1.41. The van der Waals surface area contributed by atoms with Gasteiger partial charge in [-0.3, -0.25) is 0 Å². The molecule has 11 heavy (non-hydrogen) atoms. The van der Waals surface area contributed by atoms with E-state index < -0.39 is 0 Å². The first-order valence-corrected chi connectivity index (χ1v) is 5.09. The number of anilines is 1. The predicted octanol–water partition coefficient (Wildman–Crippen LogP) is 2.93. The topological polar surface area (TPSA) is 26.0 Å². The highest BCUT2D eigenvalue weighted by Gasteiger charge is 2.09. The lowest BCUT2D eigenvalue weighted by Gasteiger charge is -2.05. The van der Waals surface area contributed by atoms with Crippen LogP contribution in [0.4, 0.5) is 10.1 Å². The summed E-state index contributed by atoms with van der Waals surface area (Å²) in [6, 6.07) is 1.74. The molecule has 60 valence electrons. The van der Waals surface area contributed by atoms with Gasteiger partial charge in [-0.15, -0.1) is 0 Å².